The molecule has 0 saturated carbocycles. The number of nitrogens with one attached hydrogen (secondary N) is 1. The Morgan fingerprint density at radius 2 is 1.47 bits per heavy atom. The van der Waals surface area contributed by atoms with Crippen molar-refractivity contribution >= 4 is 10.0 Å². The molecule has 0 bridgehead atoms. The number of methoxy groups -OCH3 is 1. The molecule has 3 aromatic carbocycles. The van der Waals surface area contributed by atoms with E-state index in [1.807, 2.05) is 48.5 Å². The number of benzene rings is 3. The van der Waals surface area contributed by atoms with Gasteiger partial charge in [0.15, 0.2) is 5.76 Å². The molecule has 0 aliphatic rings. The number of aromatic nitrogens is 1. The molecule has 7 heteroatoms. The molecule has 0 saturated heterocycles. The fourth-order valence-electron chi connectivity index (χ4n) is 2.95. The summed E-state index contributed by atoms with van der Waals surface area (Å²) in [7, 11) is -2.35. The zero-order valence-electron chi connectivity index (χ0n) is 16.3. The second-order valence-corrected chi connectivity index (χ2v) is 8.24. The number of sulfonamides is 1. The quantitative estimate of drug-likeness (QED) is 0.476. The summed E-state index contributed by atoms with van der Waals surface area (Å²) in [6.45, 7) is 0.119. The Labute approximate surface area is 175 Å². The molecule has 0 radical (unpaired) electrons. The van der Waals surface area contributed by atoms with Gasteiger partial charge in [0.25, 0.3) is 10.0 Å². The molecule has 0 aliphatic carbocycles. The van der Waals surface area contributed by atoms with Gasteiger partial charge in [0.05, 0.1) is 7.11 Å². The topological polar surface area (TPSA) is 81.4 Å². The Balaban J connectivity index is 1.69. The number of nitrogens with zero attached hydrogens (tertiary/aromatic N) is 1. The lowest BCUT2D eigenvalue weighted by molar-refractivity contribution is 0.414. The number of hydrogen-bond acceptors (Lipinski definition) is 5. The Hall–Kier alpha value is -3.42. The van der Waals surface area contributed by atoms with Crippen molar-refractivity contribution in [2.45, 2.75) is 11.6 Å². The van der Waals surface area contributed by atoms with Gasteiger partial charge >= 0.3 is 0 Å². The van der Waals surface area contributed by atoms with Gasteiger partial charge in [-0.05, 0) is 29.8 Å². The van der Waals surface area contributed by atoms with Crippen molar-refractivity contribution in [1.82, 2.24) is 9.71 Å². The van der Waals surface area contributed by atoms with E-state index in [2.05, 4.69) is 9.71 Å². The Bertz CT molecular complexity index is 1220. The van der Waals surface area contributed by atoms with Crippen LogP contribution in [-0.4, -0.2) is 20.5 Å². The van der Waals surface area contributed by atoms with Crippen molar-refractivity contribution in [3.8, 4) is 28.5 Å². The largest absolute Gasteiger partial charge is 0.497 e. The van der Waals surface area contributed by atoms with Crippen LogP contribution >= 0.6 is 0 Å². The lowest BCUT2D eigenvalue weighted by atomic mass is 10.2. The molecule has 0 unspecified atom stereocenters. The molecular formula is C23H20N2O4S. The van der Waals surface area contributed by atoms with Crippen LogP contribution in [-0.2, 0) is 16.6 Å². The van der Waals surface area contributed by atoms with E-state index in [-0.39, 0.29) is 23.2 Å². The summed E-state index contributed by atoms with van der Waals surface area (Å²) in [5.74, 6) is 1.16. The second-order valence-electron chi connectivity index (χ2n) is 6.56. The van der Waals surface area contributed by atoms with Gasteiger partial charge < -0.3 is 9.15 Å². The first-order valence-corrected chi connectivity index (χ1v) is 10.8. The third-order valence-electron chi connectivity index (χ3n) is 4.53. The fourth-order valence-corrected chi connectivity index (χ4v) is 4.05. The summed E-state index contributed by atoms with van der Waals surface area (Å²) in [5.41, 5.74) is 2.13. The first-order valence-electron chi connectivity index (χ1n) is 9.31. The van der Waals surface area contributed by atoms with Crippen molar-refractivity contribution in [2.75, 3.05) is 7.11 Å². The minimum Gasteiger partial charge on any atom is -0.497 e. The predicted octanol–water partition coefficient (Wildman–Crippen LogP) is 4.50. The first kappa shape index (κ1) is 19.9. The Morgan fingerprint density at radius 3 is 2.07 bits per heavy atom. The molecule has 4 aromatic rings. The van der Waals surface area contributed by atoms with Gasteiger partial charge in [0.1, 0.15) is 5.75 Å². The predicted molar refractivity (Wildman–Crippen MR) is 114 cm³/mol. The van der Waals surface area contributed by atoms with Crippen LogP contribution in [0.15, 0.2) is 94.4 Å². The van der Waals surface area contributed by atoms with Crippen LogP contribution < -0.4 is 9.46 Å². The molecule has 6 nitrogen and oxygen atoms in total. The van der Waals surface area contributed by atoms with E-state index in [0.717, 1.165) is 5.56 Å². The zero-order valence-corrected chi connectivity index (χ0v) is 17.1. The van der Waals surface area contributed by atoms with Gasteiger partial charge in [0, 0.05) is 17.7 Å². The minimum atomic E-state index is -3.93. The monoisotopic (exact) mass is 420 g/mol. The normalized spacial score (nSPS) is 11.4. The fraction of sp³-hybridized carbons (Fsp3) is 0.0870. The summed E-state index contributed by atoms with van der Waals surface area (Å²) < 4.78 is 39.9. The highest BCUT2D eigenvalue weighted by molar-refractivity contribution is 7.89. The van der Waals surface area contributed by atoms with Crippen molar-refractivity contribution in [1.29, 1.82) is 0 Å². The van der Waals surface area contributed by atoms with E-state index >= 15 is 0 Å². The maximum Gasteiger partial charge on any atom is 0.262 e. The minimum absolute atomic E-state index is 0.119. The van der Waals surface area contributed by atoms with Crippen LogP contribution in [0.1, 0.15) is 5.56 Å². The third-order valence-corrected chi connectivity index (χ3v) is 5.84. The van der Waals surface area contributed by atoms with Gasteiger partial charge in [-0.25, -0.2) is 13.1 Å². The van der Waals surface area contributed by atoms with Crippen LogP contribution in [0.25, 0.3) is 22.8 Å². The number of hydrogen-bond donors (Lipinski definition) is 1. The lowest BCUT2D eigenvalue weighted by Gasteiger charge is -2.07. The van der Waals surface area contributed by atoms with Gasteiger partial charge in [0.2, 0.25) is 10.9 Å². The smallest absolute Gasteiger partial charge is 0.262 e. The van der Waals surface area contributed by atoms with Crippen LogP contribution in [0.3, 0.4) is 0 Å². The standard InChI is InChI=1S/C23H20N2O4S/c1-28-20-14-12-17(13-15-20)16-24-30(26,27)23-21(18-8-4-2-5-9-18)29-22(25-23)19-10-6-3-7-11-19/h2-15,24H,16H2,1H3. The number of rotatable bonds is 7. The summed E-state index contributed by atoms with van der Waals surface area (Å²) >= 11 is 0. The molecule has 0 atom stereocenters. The van der Waals surface area contributed by atoms with Gasteiger partial charge in [-0.3, -0.25) is 0 Å². The van der Waals surface area contributed by atoms with Gasteiger partial charge in [-0.2, -0.15) is 4.98 Å². The third kappa shape index (κ3) is 4.27. The zero-order chi connectivity index (χ0) is 21.0. The van der Waals surface area contributed by atoms with Crippen LogP contribution in [0.2, 0.25) is 0 Å². The van der Waals surface area contributed by atoms with Crippen LogP contribution in [0.4, 0.5) is 0 Å². The summed E-state index contributed by atoms with van der Waals surface area (Å²) in [6, 6.07) is 25.4. The van der Waals surface area contributed by atoms with E-state index in [0.29, 0.717) is 16.9 Å². The van der Waals surface area contributed by atoms with Crippen LogP contribution in [0, 0.1) is 0 Å². The Kier molecular flexibility index (Phi) is 5.65. The van der Waals surface area contributed by atoms with E-state index in [9.17, 15) is 8.42 Å². The summed E-state index contributed by atoms with van der Waals surface area (Å²) in [5, 5.41) is -0.138. The lowest BCUT2D eigenvalue weighted by Crippen LogP contribution is -2.24. The van der Waals surface area contributed by atoms with E-state index in [1.165, 1.54) is 0 Å². The maximum absolute atomic E-state index is 13.1. The maximum atomic E-state index is 13.1. The molecule has 0 amide bonds. The Morgan fingerprint density at radius 1 is 0.867 bits per heavy atom. The van der Waals surface area contributed by atoms with Crippen molar-refractivity contribution in [3.05, 3.63) is 90.5 Å². The number of ether oxygens (including phenoxy) is 1. The highest BCUT2D eigenvalue weighted by Crippen LogP contribution is 2.32. The summed E-state index contributed by atoms with van der Waals surface area (Å²) in [6.07, 6.45) is 0. The van der Waals surface area contributed by atoms with Crippen molar-refractivity contribution in [3.63, 3.8) is 0 Å². The second kappa shape index (κ2) is 8.52. The number of oxazole rings is 1. The molecule has 0 aliphatic heterocycles. The van der Waals surface area contributed by atoms with Gasteiger partial charge in [-0.1, -0.05) is 60.7 Å². The average molecular weight is 420 g/mol. The molecule has 4 rings (SSSR count). The molecule has 30 heavy (non-hydrogen) atoms. The van der Waals surface area contributed by atoms with Crippen molar-refractivity contribution in [2.24, 2.45) is 0 Å². The summed E-state index contributed by atoms with van der Waals surface area (Å²) in [4.78, 5) is 4.33. The average Bonchev–Trinajstić information content (AvgIpc) is 3.26. The SMILES string of the molecule is COc1ccc(CNS(=O)(=O)c2nc(-c3ccccc3)oc2-c2ccccc2)cc1. The highest BCUT2D eigenvalue weighted by Gasteiger charge is 2.27. The van der Waals surface area contributed by atoms with E-state index in [4.69, 9.17) is 9.15 Å². The molecule has 1 aromatic heterocycles. The molecule has 152 valence electrons. The van der Waals surface area contributed by atoms with E-state index in [1.54, 1.807) is 43.5 Å². The molecule has 1 N–H and O–H groups in total. The molecular weight excluding hydrogens is 400 g/mol. The van der Waals surface area contributed by atoms with Crippen LogP contribution in [0.5, 0.6) is 5.75 Å². The first-order chi connectivity index (χ1) is 14.6. The van der Waals surface area contributed by atoms with Crippen molar-refractivity contribution < 1.29 is 17.6 Å². The highest BCUT2D eigenvalue weighted by atomic mass is 32.2. The molecule has 1 heterocycles. The van der Waals surface area contributed by atoms with E-state index < -0.39 is 10.0 Å². The molecule has 0 spiro atoms. The van der Waals surface area contributed by atoms with Gasteiger partial charge in [-0.15, -0.1) is 0 Å². The molecule has 0 fully saturated rings.